The number of carbonyl (C=O) groups excluding carboxylic acids is 1. The van der Waals surface area contributed by atoms with Gasteiger partial charge in [0, 0.05) is 13.1 Å². The zero-order chi connectivity index (χ0) is 12.7. The molecule has 1 amide bonds. The van der Waals surface area contributed by atoms with Gasteiger partial charge < -0.3 is 10.2 Å². The van der Waals surface area contributed by atoms with Crippen molar-refractivity contribution < 1.29 is 4.79 Å². The zero-order valence-corrected chi connectivity index (χ0v) is 11.7. The van der Waals surface area contributed by atoms with Crippen LogP contribution >= 0.6 is 0 Å². The minimum absolute atomic E-state index is 0.142. The van der Waals surface area contributed by atoms with Gasteiger partial charge in [-0.1, -0.05) is 20.3 Å². The highest BCUT2D eigenvalue weighted by atomic mass is 16.2. The predicted octanol–water partition coefficient (Wildman–Crippen LogP) is 1.88. The number of hydrogen-bond acceptors (Lipinski definition) is 2. The molecule has 3 fully saturated rings. The van der Waals surface area contributed by atoms with E-state index in [0.29, 0.717) is 17.7 Å². The van der Waals surface area contributed by atoms with Crippen molar-refractivity contribution in [1.82, 2.24) is 10.2 Å². The van der Waals surface area contributed by atoms with Crippen molar-refractivity contribution in [2.45, 2.75) is 45.6 Å². The van der Waals surface area contributed by atoms with Gasteiger partial charge in [0.15, 0.2) is 0 Å². The molecule has 2 aliphatic heterocycles. The quantitative estimate of drug-likeness (QED) is 0.811. The molecule has 102 valence electrons. The molecule has 0 radical (unpaired) electrons. The maximum absolute atomic E-state index is 12.6. The van der Waals surface area contributed by atoms with Crippen LogP contribution in [-0.2, 0) is 4.79 Å². The van der Waals surface area contributed by atoms with E-state index in [0.717, 1.165) is 31.5 Å². The third-order valence-electron chi connectivity index (χ3n) is 5.49. The lowest BCUT2D eigenvalue weighted by Gasteiger charge is -2.25. The van der Waals surface area contributed by atoms with Crippen LogP contribution in [0, 0.1) is 23.7 Å². The largest absolute Gasteiger partial charge is 0.341 e. The first-order valence-electron chi connectivity index (χ1n) is 7.69. The van der Waals surface area contributed by atoms with Crippen LogP contribution in [0.25, 0.3) is 0 Å². The molecular weight excluding hydrogens is 224 g/mol. The van der Waals surface area contributed by atoms with E-state index in [1.165, 1.54) is 25.7 Å². The molecule has 0 aromatic rings. The Hall–Kier alpha value is -0.570. The topological polar surface area (TPSA) is 32.3 Å². The van der Waals surface area contributed by atoms with Crippen LogP contribution in [0.2, 0.25) is 0 Å². The first-order chi connectivity index (χ1) is 8.66. The highest BCUT2D eigenvalue weighted by Gasteiger charge is 2.44. The van der Waals surface area contributed by atoms with Crippen LogP contribution < -0.4 is 5.32 Å². The number of nitrogens with one attached hydrogen (secondary N) is 1. The summed E-state index contributed by atoms with van der Waals surface area (Å²) in [6, 6.07) is 0.142. The highest BCUT2D eigenvalue weighted by molar-refractivity contribution is 5.83. The summed E-state index contributed by atoms with van der Waals surface area (Å²) in [6.07, 6.45) is 5.12. The monoisotopic (exact) mass is 250 g/mol. The molecular formula is C15H26N2O. The van der Waals surface area contributed by atoms with E-state index in [1.807, 2.05) is 0 Å². The second kappa shape index (κ2) is 4.84. The molecule has 1 aliphatic carbocycles. The van der Waals surface area contributed by atoms with Gasteiger partial charge in [0.1, 0.15) is 0 Å². The number of likely N-dealkylation sites (tertiary alicyclic amines) is 1. The van der Waals surface area contributed by atoms with Gasteiger partial charge in [0.25, 0.3) is 0 Å². The lowest BCUT2D eigenvalue weighted by molar-refractivity contribution is -0.133. The number of amides is 1. The molecule has 0 spiro atoms. The summed E-state index contributed by atoms with van der Waals surface area (Å²) in [5, 5.41) is 3.49. The Bertz CT molecular complexity index is 328. The van der Waals surface area contributed by atoms with Crippen molar-refractivity contribution in [3.63, 3.8) is 0 Å². The Kier molecular flexibility index (Phi) is 3.35. The molecule has 4 atom stereocenters. The Morgan fingerprint density at radius 1 is 1.28 bits per heavy atom. The molecule has 3 aliphatic rings. The molecule has 3 heteroatoms. The van der Waals surface area contributed by atoms with E-state index in [4.69, 9.17) is 0 Å². The maximum atomic E-state index is 12.6. The number of carbonyl (C=O) groups is 1. The smallest absolute Gasteiger partial charge is 0.240 e. The maximum Gasteiger partial charge on any atom is 0.240 e. The van der Waals surface area contributed by atoms with Crippen molar-refractivity contribution in [3.8, 4) is 0 Å². The molecule has 1 N–H and O–H groups in total. The van der Waals surface area contributed by atoms with Crippen LogP contribution in [0.5, 0.6) is 0 Å². The number of nitrogens with zero attached hydrogens (tertiary/aromatic N) is 1. The average molecular weight is 250 g/mol. The molecule has 0 aromatic heterocycles. The van der Waals surface area contributed by atoms with Gasteiger partial charge >= 0.3 is 0 Å². The third kappa shape index (κ3) is 2.07. The normalized spacial score (nSPS) is 39.6. The van der Waals surface area contributed by atoms with Gasteiger partial charge in [-0.05, 0) is 49.5 Å². The Balaban J connectivity index is 1.62. The average Bonchev–Trinajstić information content (AvgIpc) is 3.04. The van der Waals surface area contributed by atoms with Crippen molar-refractivity contribution in [3.05, 3.63) is 0 Å². The minimum atomic E-state index is 0.142. The second-order valence-corrected chi connectivity index (χ2v) is 6.82. The number of fused-ring (bicyclic) bond motifs is 1. The third-order valence-corrected chi connectivity index (χ3v) is 5.49. The SMILES string of the molecule is CC(C)C1CCN(C(=O)C2NCC3CCCC32)C1. The van der Waals surface area contributed by atoms with E-state index in [-0.39, 0.29) is 6.04 Å². The van der Waals surface area contributed by atoms with E-state index in [2.05, 4.69) is 24.1 Å². The van der Waals surface area contributed by atoms with E-state index in [1.54, 1.807) is 0 Å². The van der Waals surface area contributed by atoms with Crippen LogP contribution in [0.1, 0.15) is 39.5 Å². The lowest BCUT2D eigenvalue weighted by atomic mass is 9.93. The van der Waals surface area contributed by atoms with Gasteiger partial charge in [0.05, 0.1) is 6.04 Å². The van der Waals surface area contributed by atoms with Crippen molar-refractivity contribution in [1.29, 1.82) is 0 Å². The van der Waals surface area contributed by atoms with E-state index in [9.17, 15) is 4.79 Å². The van der Waals surface area contributed by atoms with Crippen LogP contribution in [0.4, 0.5) is 0 Å². The molecule has 3 nitrogen and oxygen atoms in total. The molecule has 18 heavy (non-hydrogen) atoms. The molecule has 0 aromatic carbocycles. The number of rotatable bonds is 2. The van der Waals surface area contributed by atoms with Gasteiger partial charge in [0.2, 0.25) is 5.91 Å². The fourth-order valence-corrected chi connectivity index (χ4v) is 4.19. The first kappa shape index (κ1) is 12.5. The molecule has 3 rings (SSSR count). The Morgan fingerprint density at radius 3 is 2.83 bits per heavy atom. The molecule has 4 unspecified atom stereocenters. The van der Waals surface area contributed by atoms with Gasteiger partial charge in [-0.3, -0.25) is 4.79 Å². The fourth-order valence-electron chi connectivity index (χ4n) is 4.19. The van der Waals surface area contributed by atoms with Crippen LogP contribution in [-0.4, -0.2) is 36.5 Å². The standard InChI is InChI=1S/C15H26N2O/c1-10(2)12-6-7-17(9-12)15(18)14-13-5-3-4-11(13)8-16-14/h10-14,16H,3-9H2,1-2H3. The Labute approximate surface area is 110 Å². The summed E-state index contributed by atoms with van der Waals surface area (Å²) in [6.45, 7) is 7.60. The first-order valence-corrected chi connectivity index (χ1v) is 7.69. The summed E-state index contributed by atoms with van der Waals surface area (Å²) in [5.41, 5.74) is 0. The van der Waals surface area contributed by atoms with Crippen molar-refractivity contribution in [2.24, 2.45) is 23.7 Å². The molecule has 2 heterocycles. The zero-order valence-electron chi connectivity index (χ0n) is 11.7. The van der Waals surface area contributed by atoms with E-state index >= 15 is 0 Å². The second-order valence-electron chi connectivity index (χ2n) is 6.82. The highest BCUT2D eigenvalue weighted by Crippen LogP contribution is 2.38. The van der Waals surface area contributed by atoms with Gasteiger partial charge in [-0.25, -0.2) is 0 Å². The van der Waals surface area contributed by atoms with Gasteiger partial charge in [-0.2, -0.15) is 0 Å². The molecule has 0 bridgehead atoms. The molecule has 1 saturated carbocycles. The van der Waals surface area contributed by atoms with Crippen LogP contribution in [0.15, 0.2) is 0 Å². The van der Waals surface area contributed by atoms with Crippen molar-refractivity contribution >= 4 is 5.91 Å². The Morgan fingerprint density at radius 2 is 2.11 bits per heavy atom. The predicted molar refractivity (Wildman–Crippen MR) is 72.1 cm³/mol. The minimum Gasteiger partial charge on any atom is -0.341 e. The fraction of sp³-hybridized carbons (Fsp3) is 0.933. The molecule has 2 saturated heterocycles. The summed E-state index contributed by atoms with van der Waals surface area (Å²) in [4.78, 5) is 14.7. The summed E-state index contributed by atoms with van der Waals surface area (Å²) in [7, 11) is 0. The van der Waals surface area contributed by atoms with E-state index < -0.39 is 0 Å². The van der Waals surface area contributed by atoms with Gasteiger partial charge in [-0.15, -0.1) is 0 Å². The summed E-state index contributed by atoms with van der Waals surface area (Å²) in [5.74, 6) is 3.24. The summed E-state index contributed by atoms with van der Waals surface area (Å²) < 4.78 is 0. The lowest BCUT2D eigenvalue weighted by Crippen LogP contribution is -2.45. The number of hydrogen-bond donors (Lipinski definition) is 1. The summed E-state index contributed by atoms with van der Waals surface area (Å²) >= 11 is 0. The van der Waals surface area contributed by atoms with Crippen molar-refractivity contribution in [2.75, 3.05) is 19.6 Å². The van der Waals surface area contributed by atoms with Crippen LogP contribution in [0.3, 0.4) is 0 Å².